The van der Waals surface area contributed by atoms with Gasteiger partial charge in [-0.1, -0.05) is 37.9 Å². The molecule has 0 spiro atoms. The fourth-order valence-corrected chi connectivity index (χ4v) is 2.24. The fraction of sp³-hybridized carbons (Fsp3) is 0.250. The van der Waals surface area contributed by atoms with Gasteiger partial charge in [0.05, 0.1) is 12.6 Å². The van der Waals surface area contributed by atoms with E-state index >= 15 is 0 Å². The summed E-state index contributed by atoms with van der Waals surface area (Å²) in [5, 5.41) is 8.82. The molecule has 3 N–H and O–H groups in total. The van der Waals surface area contributed by atoms with Crippen molar-refractivity contribution < 1.29 is 5.11 Å². The second kappa shape index (κ2) is 4.37. The lowest BCUT2D eigenvalue weighted by molar-refractivity contribution is 0.267. The third kappa shape index (κ3) is 2.29. The number of benzene rings is 1. The van der Waals surface area contributed by atoms with E-state index in [-0.39, 0.29) is 12.6 Å². The summed E-state index contributed by atoms with van der Waals surface area (Å²) in [7, 11) is 0. The zero-order valence-corrected chi connectivity index (χ0v) is 9.47. The van der Waals surface area contributed by atoms with Gasteiger partial charge in [0.2, 0.25) is 0 Å². The van der Waals surface area contributed by atoms with Crippen LogP contribution in [0.3, 0.4) is 0 Å². The highest BCUT2D eigenvalue weighted by atomic mass is 79.9. The first-order chi connectivity index (χ1) is 5.65. The molecule has 1 rings (SSSR count). The van der Waals surface area contributed by atoms with Gasteiger partial charge in [0.25, 0.3) is 0 Å². The monoisotopic (exact) mass is 293 g/mol. The molecule has 1 aromatic rings. The molecule has 0 saturated carbocycles. The summed E-state index contributed by atoms with van der Waals surface area (Å²) >= 11 is 6.70. The van der Waals surface area contributed by atoms with Crippen LogP contribution in [0.5, 0.6) is 0 Å². The molecule has 0 heterocycles. The van der Waals surface area contributed by atoms with Crippen LogP contribution in [-0.2, 0) is 0 Å². The van der Waals surface area contributed by atoms with E-state index < -0.39 is 0 Å². The third-order valence-corrected chi connectivity index (χ3v) is 2.74. The molecule has 0 bridgehead atoms. The standard InChI is InChI=1S/C8H9Br2NO/c9-5-1-2-6(7(10)3-5)8(11)4-12/h1-3,8,12H,4,11H2/t8-/m1/s1. The van der Waals surface area contributed by atoms with Crippen molar-refractivity contribution >= 4 is 31.9 Å². The number of rotatable bonds is 2. The Bertz CT molecular complexity index is 278. The van der Waals surface area contributed by atoms with Crippen LogP contribution < -0.4 is 5.73 Å². The van der Waals surface area contributed by atoms with Crippen LogP contribution in [0.1, 0.15) is 11.6 Å². The molecule has 0 radical (unpaired) electrons. The third-order valence-electron chi connectivity index (χ3n) is 1.56. The van der Waals surface area contributed by atoms with Crippen molar-refractivity contribution in [2.75, 3.05) is 6.61 Å². The maximum atomic E-state index is 8.82. The van der Waals surface area contributed by atoms with Gasteiger partial charge in [0, 0.05) is 8.95 Å². The van der Waals surface area contributed by atoms with Gasteiger partial charge >= 0.3 is 0 Å². The van der Waals surface area contributed by atoms with E-state index in [2.05, 4.69) is 31.9 Å². The van der Waals surface area contributed by atoms with Crippen molar-refractivity contribution in [1.29, 1.82) is 0 Å². The minimum atomic E-state index is -0.313. The molecular weight excluding hydrogens is 286 g/mol. The second-order valence-corrected chi connectivity index (χ2v) is 4.22. The summed E-state index contributed by atoms with van der Waals surface area (Å²) < 4.78 is 1.90. The highest BCUT2D eigenvalue weighted by molar-refractivity contribution is 9.11. The van der Waals surface area contributed by atoms with Crippen LogP contribution >= 0.6 is 31.9 Å². The molecule has 66 valence electrons. The van der Waals surface area contributed by atoms with Crippen LogP contribution in [0.4, 0.5) is 0 Å². The smallest absolute Gasteiger partial charge is 0.0624 e. The fourth-order valence-electron chi connectivity index (χ4n) is 0.901. The van der Waals surface area contributed by atoms with Gasteiger partial charge in [0.15, 0.2) is 0 Å². The highest BCUT2D eigenvalue weighted by Gasteiger charge is 2.07. The lowest BCUT2D eigenvalue weighted by Gasteiger charge is -2.10. The molecule has 0 saturated heterocycles. The molecule has 0 unspecified atom stereocenters. The quantitative estimate of drug-likeness (QED) is 0.878. The number of aliphatic hydroxyl groups is 1. The predicted octanol–water partition coefficient (Wildman–Crippen LogP) is 2.20. The maximum Gasteiger partial charge on any atom is 0.0624 e. The average molecular weight is 295 g/mol. The Morgan fingerprint density at radius 3 is 2.58 bits per heavy atom. The van der Waals surface area contributed by atoms with E-state index in [4.69, 9.17) is 10.8 Å². The van der Waals surface area contributed by atoms with Crippen LogP contribution in [0.15, 0.2) is 27.1 Å². The van der Waals surface area contributed by atoms with Gasteiger partial charge in [-0.15, -0.1) is 0 Å². The topological polar surface area (TPSA) is 46.2 Å². The molecule has 0 amide bonds. The van der Waals surface area contributed by atoms with Crippen molar-refractivity contribution in [2.45, 2.75) is 6.04 Å². The Labute approximate surface area is 88.0 Å². The zero-order chi connectivity index (χ0) is 9.14. The van der Waals surface area contributed by atoms with Crippen molar-refractivity contribution in [2.24, 2.45) is 5.73 Å². The van der Waals surface area contributed by atoms with E-state index in [9.17, 15) is 0 Å². The van der Waals surface area contributed by atoms with Gasteiger partial charge in [0.1, 0.15) is 0 Å². The molecule has 1 aromatic carbocycles. The summed E-state index contributed by atoms with van der Waals surface area (Å²) in [6.07, 6.45) is 0. The van der Waals surface area contributed by atoms with E-state index in [1.807, 2.05) is 18.2 Å². The number of aliphatic hydroxyl groups excluding tert-OH is 1. The Morgan fingerprint density at radius 1 is 1.42 bits per heavy atom. The molecule has 0 aromatic heterocycles. The van der Waals surface area contributed by atoms with Gasteiger partial charge in [-0.25, -0.2) is 0 Å². The number of nitrogens with two attached hydrogens (primary N) is 1. The average Bonchev–Trinajstić information content (AvgIpc) is 2.03. The van der Waals surface area contributed by atoms with E-state index in [1.165, 1.54) is 0 Å². The van der Waals surface area contributed by atoms with Crippen molar-refractivity contribution in [3.63, 3.8) is 0 Å². The second-order valence-electron chi connectivity index (χ2n) is 2.45. The number of hydrogen-bond donors (Lipinski definition) is 2. The summed E-state index contributed by atoms with van der Waals surface area (Å²) in [6, 6.07) is 5.38. The number of hydrogen-bond acceptors (Lipinski definition) is 2. The Hall–Kier alpha value is 0.1000. The van der Waals surface area contributed by atoms with Crippen LogP contribution in [0.25, 0.3) is 0 Å². The minimum Gasteiger partial charge on any atom is -0.394 e. The Kier molecular flexibility index (Phi) is 3.71. The Balaban J connectivity index is 3.01. The molecule has 0 fully saturated rings. The zero-order valence-electron chi connectivity index (χ0n) is 6.30. The van der Waals surface area contributed by atoms with E-state index in [1.54, 1.807) is 0 Å². The summed E-state index contributed by atoms with van der Waals surface area (Å²) in [6.45, 7) is -0.0414. The van der Waals surface area contributed by atoms with Crippen molar-refractivity contribution in [1.82, 2.24) is 0 Å². The lowest BCUT2D eigenvalue weighted by Crippen LogP contribution is -2.14. The van der Waals surface area contributed by atoms with E-state index in [0.29, 0.717) is 0 Å². The first-order valence-corrected chi connectivity index (χ1v) is 5.05. The maximum absolute atomic E-state index is 8.82. The SMILES string of the molecule is N[C@H](CO)c1ccc(Br)cc1Br. The summed E-state index contributed by atoms with van der Waals surface area (Å²) in [5.74, 6) is 0. The molecule has 0 aliphatic rings. The van der Waals surface area contributed by atoms with Gasteiger partial charge in [-0.05, 0) is 17.7 Å². The Morgan fingerprint density at radius 2 is 2.08 bits per heavy atom. The molecule has 0 aliphatic heterocycles. The van der Waals surface area contributed by atoms with E-state index in [0.717, 1.165) is 14.5 Å². The molecular formula is C8H9Br2NO. The normalized spacial score (nSPS) is 13.0. The van der Waals surface area contributed by atoms with Gasteiger partial charge in [-0.2, -0.15) is 0 Å². The van der Waals surface area contributed by atoms with Gasteiger partial charge < -0.3 is 10.8 Å². The predicted molar refractivity (Wildman–Crippen MR) is 55.9 cm³/mol. The molecule has 12 heavy (non-hydrogen) atoms. The highest BCUT2D eigenvalue weighted by Crippen LogP contribution is 2.25. The minimum absolute atomic E-state index is 0.0414. The first kappa shape index (κ1) is 10.2. The van der Waals surface area contributed by atoms with Crippen LogP contribution in [0, 0.1) is 0 Å². The largest absolute Gasteiger partial charge is 0.394 e. The molecule has 0 aliphatic carbocycles. The first-order valence-electron chi connectivity index (χ1n) is 3.46. The summed E-state index contributed by atoms with van der Waals surface area (Å²) in [4.78, 5) is 0. The lowest BCUT2D eigenvalue weighted by atomic mass is 10.1. The van der Waals surface area contributed by atoms with Crippen LogP contribution in [-0.4, -0.2) is 11.7 Å². The molecule has 1 atom stereocenters. The van der Waals surface area contributed by atoms with Gasteiger partial charge in [-0.3, -0.25) is 0 Å². The molecule has 4 heteroatoms. The number of halogens is 2. The summed E-state index contributed by atoms with van der Waals surface area (Å²) in [5.41, 5.74) is 6.57. The van der Waals surface area contributed by atoms with Crippen LogP contribution in [0.2, 0.25) is 0 Å². The van der Waals surface area contributed by atoms with Crippen molar-refractivity contribution in [3.8, 4) is 0 Å². The molecule has 2 nitrogen and oxygen atoms in total. The van der Waals surface area contributed by atoms with Crippen molar-refractivity contribution in [3.05, 3.63) is 32.7 Å².